The molecule has 7 heavy (non-hydrogen) atoms. The predicted octanol–water partition coefficient (Wildman–Crippen LogP) is 1.01. The summed E-state index contributed by atoms with van der Waals surface area (Å²) < 4.78 is 0. The Kier molecular flexibility index (Phi) is 1.19. The van der Waals surface area contributed by atoms with Crippen molar-refractivity contribution in [1.82, 2.24) is 0 Å². The molecule has 0 bridgehead atoms. The number of hydrogen-bond acceptors (Lipinski definition) is 2. The maximum absolute atomic E-state index is 10.4. The van der Waals surface area contributed by atoms with E-state index in [0.717, 1.165) is 12.2 Å². The van der Waals surface area contributed by atoms with Crippen molar-refractivity contribution in [3.05, 3.63) is 12.2 Å². The van der Waals surface area contributed by atoms with Gasteiger partial charge in [-0.1, -0.05) is 18.3 Å². The molecule has 1 rings (SSSR count). The molecule has 0 saturated carbocycles. The molecule has 0 aromatic rings. The number of hydrogen-bond donors (Lipinski definition) is 0. The number of carbonyl (C=O) groups is 1. The van der Waals surface area contributed by atoms with Gasteiger partial charge in [-0.3, -0.25) is 4.79 Å². The third kappa shape index (κ3) is 0.855. The molecule has 2 heteroatoms. The van der Waals surface area contributed by atoms with Gasteiger partial charge in [0.05, 0.1) is 0 Å². The number of thioether (sulfide) groups is 1. The SMILES string of the molecule is [CH]=C1CCSC1=O. The monoisotopic (exact) mass is 113 g/mol. The first-order valence-corrected chi connectivity index (χ1v) is 3.07. The minimum absolute atomic E-state index is 0.0694. The smallest absolute Gasteiger partial charge is 0.215 e. The van der Waals surface area contributed by atoms with E-state index in [9.17, 15) is 4.79 Å². The van der Waals surface area contributed by atoms with Crippen LogP contribution in [0.25, 0.3) is 0 Å². The minimum atomic E-state index is 0.0694. The first-order valence-electron chi connectivity index (χ1n) is 2.09. The van der Waals surface area contributed by atoms with Gasteiger partial charge in [-0.25, -0.2) is 0 Å². The van der Waals surface area contributed by atoms with E-state index >= 15 is 0 Å². The van der Waals surface area contributed by atoms with E-state index in [-0.39, 0.29) is 5.12 Å². The summed E-state index contributed by atoms with van der Waals surface area (Å²) in [5, 5.41) is 0.0694. The molecule has 1 heterocycles. The summed E-state index contributed by atoms with van der Waals surface area (Å²) in [6, 6.07) is 0. The van der Waals surface area contributed by atoms with E-state index in [4.69, 9.17) is 6.58 Å². The highest BCUT2D eigenvalue weighted by atomic mass is 32.2. The zero-order valence-corrected chi connectivity index (χ0v) is 4.62. The van der Waals surface area contributed by atoms with Gasteiger partial charge in [0.25, 0.3) is 0 Å². The lowest BCUT2D eigenvalue weighted by Crippen LogP contribution is -1.82. The van der Waals surface area contributed by atoms with Gasteiger partial charge in [0.15, 0.2) is 0 Å². The van der Waals surface area contributed by atoms with Crippen LogP contribution >= 0.6 is 11.8 Å². The molecule has 1 radical (unpaired) electrons. The number of carbonyl (C=O) groups excluding carboxylic acids is 1. The third-order valence-electron chi connectivity index (χ3n) is 0.867. The molecule has 0 unspecified atom stereocenters. The standard InChI is InChI=1S/C5H5OS/c1-4-2-3-7-5(4)6/h1H,2-3H2. The van der Waals surface area contributed by atoms with Crippen molar-refractivity contribution >= 4 is 16.9 Å². The second-order valence-corrected chi connectivity index (χ2v) is 2.48. The summed E-state index contributed by atoms with van der Waals surface area (Å²) in [5.41, 5.74) is 0.532. The summed E-state index contributed by atoms with van der Waals surface area (Å²) >= 11 is 1.30. The van der Waals surface area contributed by atoms with Crippen LogP contribution < -0.4 is 0 Å². The summed E-state index contributed by atoms with van der Waals surface area (Å²) in [5.74, 6) is 0.880. The van der Waals surface area contributed by atoms with Crippen molar-refractivity contribution in [2.24, 2.45) is 0 Å². The van der Waals surface area contributed by atoms with Crippen molar-refractivity contribution in [1.29, 1.82) is 0 Å². The molecule has 0 aromatic heterocycles. The Morgan fingerprint density at radius 1 is 1.71 bits per heavy atom. The molecule has 0 aromatic carbocycles. The highest BCUT2D eigenvalue weighted by Crippen LogP contribution is 2.22. The van der Waals surface area contributed by atoms with Gasteiger partial charge in [0, 0.05) is 11.3 Å². The van der Waals surface area contributed by atoms with Crippen LogP contribution in [0.2, 0.25) is 0 Å². The Labute approximate surface area is 46.8 Å². The maximum atomic E-state index is 10.4. The van der Waals surface area contributed by atoms with Crippen molar-refractivity contribution in [2.75, 3.05) is 5.75 Å². The van der Waals surface area contributed by atoms with E-state index < -0.39 is 0 Å². The molecule has 0 spiro atoms. The van der Waals surface area contributed by atoms with E-state index in [0.29, 0.717) is 5.57 Å². The quantitative estimate of drug-likeness (QED) is 0.436. The third-order valence-corrected chi connectivity index (χ3v) is 1.80. The molecule has 0 aliphatic carbocycles. The van der Waals surface area contributed by atoms with Crippen LogP contribution in [0.5, 0.6) is 0 Å². The van der Waals surface area contributed by atoms with Crippen molar-refractivity contribution in [2.45, 2.75) is 6.42 Å². The van der Waals surface area contributed by atoms with Crippen LogP contribution in [0.15, 0.2) is 5.57 Å². The normalized spacial score (nSPS) is 21.1. The van der Waals surface area contributed by atoms with Gasteiger partial charge in [0.2, 0.25) is 5.12 Å². The Bertz CT molecular complexity index is 103. The first-order chi connectivity index (χ1) is 3.30. The molecular formula is C5H5OS. The van der Waals surface area contributed by atoms with Crippen LogP contribution in [-0.2, 0) is 4.79 Å². The fourth-order valence-corrected chi connectivity index (χ4v) is 1.24. The molecule has 0 amide bonds. The summed E-state index contributed by atoms with van der Waals surface area (Å²) in [4.78, 5) is 10.4. The van der Waals surface area contributed by atoms with Gasteiger partial charge in [-0.2, -0.15) is 0 Å². The fourth-order valence-electron chi connectivity index (χ4n) is 0.448. The van der Waals surface area contributed by atoms with Gasteiger partial charge < -0.3 is 0 Å². The molecule has 1 nitrogen and oxygen atoms in total. The first kappa shape index (κ1) is 4.91. The second kappa shape index (κ2) is 1.70. The van der Waals surface area contributed by atoms with E-state index in [1.807, 2.05) is 0 Å². The Morgan fingerprint density at radius 3 is 2.57 bits per heavy atom. The van der Waals surface area contributed by atoms with Crippen molar-refractivity contribution < 1.29 is 4.79 Å². The molecule has 1 fully saturated rings. The van der Waals surface area contributed by atoms with Gasteiger partial charge in [-0.05, 0) is 6.42 Å². The average molecular weight is 113 g/mol. The Balaban J connectivity index is 2.65. The van der Waals surface area contributed by atoms with Gasteiger partial charge >= 0.3 is 0 Å². The maximum Gasteiger partial charge on any atom is 0.215 e. The van der Waals surface area contributed by atoms with E-state index in [2.05, 4.69) is 0 Å². The molecular weight excluding hydrogens is 108 g/mol. The van der Waals surface area contributed by atoms with Crippen LogP contribution in [0.4, 0.5) is 0 Å². The average Bonchev–Trinajstić information content (AvgIpc) is 1.91. The lowest BCUT2D eigenvalue weighted by Gasteiger charge is -1.78. The molecule has 1 saturated heterocycles. The van der Waals surface area contributed by atoms with Crippen LogP contribution in [0, 0.1) is 6.58 Å². The molecule has 37 valence electrons. The summed E-state index contributed by atoms with van der Waals surface area (Å²) in [6.07, 6.45) is 0.781. The minimum Gasteiger partial charge on any atom is -0.282 e. The zero-order chi connectivity index (χ0) is 5.28. The van der Waals surface area contributed by atoms with E-state index in [1.54, 1.807) is 0 Å². The van der Waals surface area contributed by atoms with E-state index in [1.165, 1.54) is 11.8 Å². The molecule has 0 N–H and O–H groups in total. The highest BCUT2D eigenvalue weighted by molar-refractivity contribution is 8.14. The van der Waals surface area contributed by atoms with Crippen LogP contribution in [-0.4, -0.2) is 10.9 Å². The fraction of sp³-hybridized carbons (Fsp3) is 0.400. The predicted molar refractivity (Wildman–Crippen MR) is 29.9 cm³/mol. The summed E-state index contributed by atoms with van der Waals surface area (Å²) in [6.45, 7) is 5.22. The van der Waals surface area contributed by atoms with Crippen molar-refractivity contribution in [3.63, 3.8) is 0 Å². The van der Waals surface area contributed by atoms with Crippen molar-refractivity contribution in [3.8, 4) is 0 Å². The second-order valence-electron chi connectivity index (χ2n) is 1.41. The Morgan fingerprint density at radius 2 is 2.43 bits per heavy atom. The topological polar surface area (TPSA) is 17.1 Å². The lowest BCUT2D eigenvalue weighted by molar-refractivity contribution is -0.107. The summed E-state index contributed by atoms with van der Waals surface area (Å²) in [7, 11) is 0. The zero-order valence-electron chi connectivity index (χ0n) is 3.81. The van der Waals surface area contributed by atoms with Crippen LogP contribution in [0.1, 0.15) is 6.42 Å². The Hall–Kier alpha value is -0.240. The van der Waals surface area contributed by atoms with Crippen LogP contribution in [0.3, 0.4) is 0 Å². The van der Waals surface area contributed by atoms with Gasteiger partial charge in [0.1, 0.15) is 0 Å². The van der Waals surface area contributed by atoms with Gasteiger partial charge in [-0.15, -0.1) is 0 Å². The number of rotatable bonds is 0. The molecule has 0 atom stereocenters. The largest absolute Gasteiger partial charge is 0.282 e. The lowest BCUT2D eigenvalue weighted by atomic mass is 10.3. The molecule has 1 aliphatic heterocycles. The highest BCUT2D eigenvalue weighted by Gasteiger charge is 2.14. The molecule has 1 aliphatic rings.